The Morgan fingerprint density at radius 2 is 2.25 bits per heavy atom. The van der Waals surface area contributed by atoms with Crippen LogP contribution in [-0.4, -0.2) is 46.7 Å². The number of nitrogens with one attached hydrogen (secondary N) is 1. The summed E-state index contributed by atoms with van der Waals surface area (Å²) in [6.07, 6.45) is 3.44. The zero-order valence-electron chi connectivity index (χ0n) is 13.1. The zero-order chi connectivity index (χ0) is 16.9. The predicted molar refractivity (Wildman–Crippen MR) is 91.9 cm³/mol. The van der Waals surface area contributed by atoms with E-state index in [1.54, 1.807) is 18.3 Å². The third-order valence-electron chi connectivity index (χ3n) is 4.17. The van der Waals surface area contributed by atoms with Gasteiger partial charge in [-0.2, -0.15) is 0 Å². The number of anilines is 1. The van der Waals surface area contributed by atoms with E-state index in [4.69, 9.17) is 11.6 Å². The fraction of sp³-hybridized carbons (Fsp3) is 0.353. The number of nitrogens with zero attached hydrogens (tertiary/aromatic N) is 3. The maximum atomic E-state index is 12.3. The lowest BCUT2D eigenvalue weighted by molar-refractivity contribution is -0.121. The van der Waals surface area contributed by atoms with Crippen LogP contribution in [0, 0.1) is 5.92 Å². The average Bonchev–Trinajstić information content (AvgIpc) is 2.98. The van der Waals surface area contributed by atoms with Gasteiger partial charge in [0.1, 0.15) is 12.1 Å². The van der Waals surface area contributed by atoms with Crippen molar-refractivity contribution in [3.63, 3.8) is 0 Å². The van der Waals surface area contributed by atoms with E-state index in [0.29, 0.717) is 18.1 Å². The van der Waals surface area contributed by atoms with Gasteiger partial charge in [-0.1, -0.05) is 23.7 Å². The highest BCUT2D eigenvalue weighted by molar-refractivity contribution is 6.30. The van der Waals surface area contributed by atoms with Gasteiger partial charge in [0.05, 0.1) is 12.5 Å². The van der Waals surface area contributed by atoms with Gasteiger partial charge in [-0.25, -0.2) is 9.97 Å². The first-order valence-electron chi connectivity index (χ1n) is 7.81. The molecule has 1 aromatic heterocycles. The maximum Gasteiger partial charge on any atom is 0.224 e. The molecule has 2 heterocycles. The Hall–Kier alpha value is -2.18. The molecular weight excluding hydrogens is 328 g/mol. The van der Waals surface area contributed by atoms with E-state index in [0.717, 1.165) is 11.4 Å². The van der Waals surface area contributed by atoms with E-state index in [9.17, 15) is 9.90 Å². The molecule has 2 aromatic rings. The summed E-state index contributed by atoms with van der Waals surface area (Å²) in [5, 5.41) is 13.2. The van der Waals surface area contributed by atoms with Gasteiger partial charge < -0.3 is 15.3 Å². The van der Waals surface area contributed by atoms with Crippen LogP contribution in [-0.2, 0) is 11.2 Å². The Kier molecular flexibility index (Phi) is 5.27. The molecule has 1 aliphatic heterocycles. The number of rotatable bonds is 5. The zero-order valence-corrected chi connectivity index (χ0v) is 13.9. The molecule has 3 rings (SSSR count). The van der Waals surface area contributed by atoms with Gasteiger partial charge in [-0.05, 0) is 23.8 Å². The molecule has 0 saturated carbocycles. The maximum absolute atomic E-state index is 12.3. The molecule has 2 atom stereocenters. The number of aliphatic hydroxyl groups is 1. The normalized spacial score (nSPS) is 20.2. The lowest BCUT2D eigenvalue weighted by Crippen LogP contribution is -2.42. The molecule has 7 heteroatoms. The summed E-state index contributed by atoms with van der Waals surface area (Å²) in [5.41, 5.74) is 0.867. The van der Waals surface area contributed by atoms with Crippen LogP contribution in [0.15, 0.2) is 42.9 Å². The number of hydrogen-bond donors (Lipinski definition) is 2. The lowest BCUT2D eigenvalue weighted by Gasteiger charge is -2.18. The van der Waals surface area contributed by atoms with Gasteiger partial charge in [0, 0.05) is 36.8 Å². The fourth-order valence-electron chi connectivity index (χ4n) is 2.97. The second-order valence-corrected chi connectivity index (χ2v) is 6.33. The number of benzene rings is 1. The number of carbonyl (C=O) groups is 1. The molecule has 6 nitrogen and oxygen atoms in total. The van der Waals surface area contributed by atoms with Gasteiger partial charge in [-0.3, -0.25) is 4.79 Å². The summed E-state index contributed by atoms with van der Waals surface area (Å²) in [6, 6.07) is 8.97. The van der Waals surface area contributed by atoms with Gasteiger partial charge in [0.15, 0.2) is 0 Å². The monoisotopic (exact) mass is 346 g/mol. The number of aliphatic hydroxyl groups excluding tert-OH is 1. The van der Waals surface area contributed by atoms with Crippen LogP contribution < -0.4 is 10.2 Å². The van der Waals surface area contributed by atoms with Gasteiger partial charge in [0.25, 0.3) is 0 Å². The average molecular weight is 347 g/mol. The Labute approximate surface area is 145 Å². The highest BCUT2D eigenvalue weighted by atomic mass is 35.5. The quantitative estimate of drug-likeness (QED) is 0.853. The summed E-state index contributed by atoms with van der Waals surface area (Å²) in [5.74, 6) is 0.698. The summed E-state index contributed by atoms with van der Waals surface area (Å²) in [7, 11) is 0. The Bertz CT molecular complexity index is 698. The summed E-state index contributed by atoms with van der Waals surface area (Å²) < 4.78 is 0. The van der Waals surface area contributed by atoms with Crippen LogP contribution >= 0.6 is 11.6 Å². The van der Waals surface area contributed by atoms with Gasteiger partial charge in [0.2, 0.25) is 5.91 Å². The molecule has 0 radical (unpaired) electrons. The molecule has 1 amide bonds. The van der Waals surface area contributed by atoms with Crippen LogP contribution in [0.5, 0.6) is 0 Å². The molecule has 0 spiro atoms. The Morgan fingerprint density at radius 1 is 1.38 bits per heavy atom. The first kappa shape index (κ1) is 16.7. The first-order valence-corrected chi connectivity index (χ1v) is 8.19. The van der Waals surface area contributed by atoms with Crippen molar-refractivity contribution >= 4 is 23.3 Å². The molecule has 1 aromatic carbocycles. The molecule has 1 fully saturated rings. The summed E-state index contributed by atoms with van der Waals surface area (Å²) in [4.78, 5) is 22.5. The van der Waals surface area contributed by atoms with E-state index in [1.165, 1.54) is 6.33 Å². The predicted octanol–water partition coefficient (Wildman–Crippen LogP) is 1.29. The van der Waals surface area contributed by atoms with Crippen molar-refractivity contribution in [2.45, 2.75) is 12.5 Å². The molecule has 24 heavy (non-hydrogen) atoms. The highest BCUT2D eigenvalue weighted by Crippen LogP contribution is 2.22. The van der Waals surface area contributed by atoms with Crippen LogP contribution in [0.2, 0.25) is 5.02 Å². The summed E-state index contributed by atoms with van der Waals surface area (Å²) in [6.45, 7) is 1.28. The molecule has 0 aliphatic carbocycles. The molecule has 1 saturated heterocycles. The van der Waals surface area contributed by atoms with Crippen molar-refractivity contribution in [2.75, 3.05) is 24.6 Å². The third-order valence-corrected chi connectivity index (χ3v) is 4.40. The van der Waals surface area contributed by atoms with E-state index in [1.807, 2.05) is 23.1 Å². The summed E-state index contributed by atoms with van der Waals surface area (Å²) >= 11 is 5.95. The molecule has 0 unspecified atom stereocenters. The number of amides is 1. The van der Waals surface area contributed by atoms with Crippen molar-refractivity contribution in [1.82, 2.24) is 15.3 Å². The molecule has 0 bridgehead atoms. The third kappa shape index (κ3) is 4.01. The van der Waals surface area contributed by atoms with E-state index in [-0.39, 0.29) is 30.9 Å². The number of halogens is 1. The second kappa shape index (κ2) is 7.59. The van der Waals surface area contributed by atoms with Crippen molar-refractivity contribution in [2.24, 2.45) is 5.92 Å². The lowest BCUT2D eigenvalue weighted by atomic mass is 10.0. The fourth-order valence-corrected chi connectivity index (χ4v) is 3.18. The topological polar surface area (TPSA) is 78.4 Å². The Morgan fingerprint density at radius 3 is 2.96 bits per heavy atom. The number of hydrogen-bond acceptors (Lipinski definition) is 5. The van der Waals surface area contributed by atoms with Crippen molar-refractivity contribution in [1.29, 1.82) is 0 Å². The van der Waals surface area contributed by atoms with E-state index < -0.39 is 0 Å². The minimum absolute atomic E-state index is 0.0176. The largest absolute Gasteiger partial charge is 0.396 e. The van der Waals surface area contributed by atoms with E-state index >= 15 is 0 Å². The second-order valence-electron chi connectivity index (χ2n) is 5.90. The van der Waals surface area contributed by atoms with Crippen LogP contribution in [0.4, 0.5) is 5.82 Å². The van der Waals surface area contributed by atoms with Crippen molar-refractivity contribution in [3.05, 3.63) is 53.4 Å². The van der Waals surface area contributed by atoms with E-state index in [2.05, 4.69) is 15.3 Å². The smallest absolute Gasteiger partial charge is 0.224 e. The highest BCUT2D eigenvalue weighted by Gasteiger charge is 2.33. The number of aromatic nitrogens is 2. The first-order chi connectivity index (χ1) is 11.7. The Balaban J connectivity index is 1.62. The van der Waals surface area contributed by atoms with Crippen LogP contribution in [0.25, 0.3) is 0 Å². The molecule has 1 aliphatic rings. The standard InChI is InChI=1S/C17H19ClN4O2/c18-14-3-1-2-12(6-14)7-17(24)21-15-9-22(8-13(15)10-23)16-4-5-19-11-20-16/h1-6,11,13,15,23H,7-10H2,(H,21,24)/t13-,15+/m0/s1. The molecular formula is C17H19ClN4O2. The minimum Gasteiger partial charge on any atom is -0.396 e. The van der Waals surface area contributed by atoms with Gasteiger partial charge >= 0.3 is 0 Å². The molecule has 2 N–H and O–H groups in total. The van der Waals surface area contributed by atoms with Crippen LogP contribution in [0.1, 0.15) is 5.56 Å². The van der Waals surface area contributed by atoms with Gasteiger partial charge in [-0.15, -0.1) is 0 Å². The molecule has 126 valence electrons. The minimum atomic E-state index is -0.114. The SMILES string of the molecule is O=C(Cc1cccc(Cl)c1)N[C@@H]1CN(c2ccncn2)C[C@H]1CO. The van der Waals surface area contributed by atoms with Crippen LogP contribution in [0.3, 0.4) is 0 Å². The van der Waals surface area contributed by atoms with Crippen molar-refractivity contribution < 1.29 is 9.90 Å². The van der Waals surface area contributed by atoms with Crippen molar-refractivity contribution in [3.8, 4) is 0 Å². The number of carbonyl (C=O) groups excluding carboxylic acids is 1.